The van der Waals surface area contributed by atoms with Gasteiger partial charge in [0.2, 0.25) is 10.0 Å². The Balaban J connectivity index is 0.00000420. The third-order valence-corrected chi connectivity index (χ3v) is 6.53. The summed E-state index contributed by atoms with van der Waals surface area (Å²) in [6, 6.07) is 6.49. The summed E-state index contributed by atoms with van der Waals surface area (Å²) in [6.07, 6.45) is 0.691. The Bertz CT molecular complexity index is 762. The Hall–Kier alpha value is -1.07. The minimum atomic E-state index is -3.12. The summed E-state index contributed by atoms with van der Waals surface area (Å²) in [5, 5.41) is 3.36. The first kappa shape index (κ1) is 26.0. The molecule has 1 aliphatic rings. The van der Waals surface area contributed by atoms with Crippen LogP contribution in [0.25, 0.3) is 0 Å². The van der Waals surface area contributed by atoms with Crippen molar-refractivity contribution in [3.05, 3.63) is 29.3 Å². The van der Waals surface area contributed by atoms with Crippen molar-refractivity contribution in [2.75, 3.05) is 56.5 Å². The molecule has 2 rings (SSSR count). The van der Waals surface area contributed by atoms with Gasteiger partial charge in [0.25, 0.3) is 0 Å². The van der Waals surface area contributed by atoms with Gasteiger partial charge in [-0.05, 0) is 51.3 Å². The Morgan fingerprint density at radius 3 is 2.45 bits per heavy atom. The number of hydrogen-bond donors (Lipinski definition) is 2. The average Bonchev–Trinajstić information content (AvgIpc) is 2.69. The lowest BCUT2D eigenvalue weighted by atomic mass is 10.1. The molecular formula is C20H36IN5O2S. The van der Waals surface area contributed by atoms with Crippen LogP contribution in [0.3, 0.4) is 0 Å². The van der Waals surface area contributed by atoms with Gasteiger partial charge in [-0.15, -0.1) is 24.0 Å². The molecule has 0 bridgehead atoms. The van der Waals surface area contributed by atoms with Crippen LogP contribution in [0, 0.1) is 13.8 Å². The fraction of sp³-hybridized carbons (Fsp3) is 0.650. The molecule has 0 aromatic heterocycles. The predicted octanol–water partition coefficient (Wildman–Crippen LogP) is 2.34. The first-order chi connectivity index (χ1) is 13.4. The monoisotopic (exact) mass is 537 g/mol. The standard InChI is InChI=1S/C20H35N5O2S.HI/c1-5-21-20(22-11-8-12-23-28(26,27)6-2)25-15-13-24(14-16-25)19-10-7-9-17(3)18(19)4;/h7,9-10,23H,5-6,8,11-16H2,1-4H3,(H,21,22);1H. The summed E-state index contributed by atoms with van der Waals surface area (Å²) in [5.41, 5.74) is 4.00. The second-order valence-corrected chi connectivity index (χ2v) is 9.18. The molecule has 0 saturated carbocycles. The highest BCUT2D eigenvalue weighted by Gasteiger charge is 2.21. The van der Waals surface area contributed by atoms with Gasteiger partial charge in [-0.1, -0.05) is 12.1 Å². The van der Waals surface area contributed by atoms with Gasteiger partial charge < -0.3 is 15.1 Å². The number of aliphatic imine (C=N–C) groups is 1. The highest BCUT2D eigenvalue weighted by molar-refractivity contribution is 14.0. The van der Waals surface area contributed by atoms with Gasteiger partial charge in [0, 0.05) is 51.5 Å². The van der Waals surface area contributed by atoms with Crippen molar-refractivity contribution in [1.29, 1.82) is 0 Å². The Kier molecular flexibility index (Phi) is 11.3. The molecule has 1 heterocycles. The van der Waals surface area contributed by atoms with Gasteiger partial charge in [0.05, 0.1) is 5.75 Å². The summed E-state index contributed by atoms with van der Waals surface area (Å²) in [5.74, 6) is 1.03. The lowest BCUT2D eigenvalue weighted by Gasteiger charge is -2.38. The summed E-state index contributed by atoms with van der Waals surface area (Å²) in [6.45, 7) is 13.7. The number of piperazine rings is 1. The fourth-order valence-electron chi connectivity index (χ4n) is 3.26. The van der Waals surface area contributed by atoms with E-state index >= 15 is 0 Å². The van der Waals surface area contributed by atoms with Crippen LogP contribution in [-0.2, 0) is 10.0 Å². The second kappa shape index (κ2) is 12.6. The smallest absolute Gasteiger partial charge is 0.211 e. The van der Waals surface area contributed by atoms with E-state index in [2.05, 4.69) is 58.8 Å². The van der Waals surface area contributed by atoms with Crippen molar-refractivity contribution >= 4 is 45.6 Å². The third-order valence-electron chi connectivity index (χ3n) is 5.13. The van der Waals surface area contributed by atoms with Gasteiger partial charge in [-0.2, -0.15) is 0 Å². The second-order valence-electron chi connectivity index (χ2n) is 7.08. The molecular weight excluding hydrogens is 501 g/mol. The summed E-state index contributed by atoms with van der Waals surface area (Å²) in [4.78, 5) is 9.43. The van der Waals surface area contributed by atoms with Gasteiger partial charge in [-0.3, -0.25) is 4.99 Å². The molecule has 0 aliphatic carbocycles. The van der Waals surface area contributed by atoms with Gasteiger partial charge in [0.15, 0.2) is 5.96 Å². The maximum atomic E-state index is 11.5. The largest absolute Gasteiger partial charge is 0.368 e. The zero-order chi connectivity index (χ0) is 20.6. The van der Waals surface area contributed by atoms with Crippen LogP contribution in [0.15, 0.2) is 23.2 Å². The molecule has 0 atom stereocenters. The van der Waals surface area contributed by atoms with Crippen molar-refractivity contribution < 1.29 is 8.42 Å². The molecule has 166 valence electrons. The van der Waals surface area contributed by atoms with E-state index in [9.17, 15) is 8.42 Å². The number of rotatable bonds is 8. The van der Waals surface area contributed by atoms with Gasteiger partial charge >= 0.3 is 0 Å². The van der Waals surface area contributed by atoms with E-state index in [-0.39, 0.29) is 29.7 Å². The van der Waals surface area contributed by atoms with E-state index in [4.69, 9.17) is 4.99 Å². The van der Waals surface area contributed by atoms with E-state index in [1.165, 1.54) is 16.8 Å². The molecule has 1 aliphatic heterocycles. The Morgan fingerprint density at radius 1 is 1.14 bits per heavy atom. The number of sulfonamides is 1. The number of halogens is 1. The van der Waals surface area contributed by atoms with Crippen molar-refractivity contribution in [2.24, 2.45) is 4.99 Å². The first-order valence-electron chi connectivity index (χ1n) is 10.2. The Labute approximate surface area is 193 Å². The van der Waals surface area contributed by atoms with Crippen LogP contribution < -0.4 is 14.9 Å². The predicted molar refractivity (Wildman–Crippen MR) is 133 cm³/mol. The Morgan fingerprint density at radius 2 is 1.83 bits per heavy atom. The number of benzene rings is 1. The molecule has 7 nitrogen and oxygen atoms in total. The third kappa shape index (κ3) is 7.93. The summed E-state index contributed by atoms with van der Waals surface area (Å²) in [7, 11) is -3.12. The molecule has 0 spiro atoms. The molecule has 1 aromatic carbocycles. The number of hydrogen-bond acceptors (Lipinski definition) is 4. The zero-order valence-corrected chi connectivity index (χ0v) is 21.2. The zero-order valence-electron chi connectivity index (χ0n) is 18.1. The maximum absolute atomic E-state index is 11.5. The van der Waals surface area contributed by atoms with Gasteiger partial charge in [-0.25, -0.2) is 13.1 Å². The van der Waals surface area contributed by atoms with Crippen LogP contribution in [0.5, 0.6) is 0 Å². The topological polar surface area (TPSA) is 77.0 Å². The summed E-state index contributed by atoms with van der Waals surface area (Å²) >= 11 is 0. The molecule has 0 radical (unpaired) electrons. The minimum Gasteiger partial charge on any atom is -0.368 e. The molecule has 0 amide bonds. The van der Waals surface area contributed by atoms with Crippen LogP contribution in [0.1, 0.15) is 31.4 Å². The van der Waals surface area contributed by atoms with Crippen LogP contribution in [0.2, 0.25) is 0 Å². The highest BCUT2D eigenvalue weighted by atomic mass is 127. The van der Waals surface area contributed by atoms with Crippen LogP contribution in [-0.4, -0.2) is 70.8 Å². The average molecular weight is 538 g/mol. The van der Waals surface area contributed by atoms with Crippen molar-refractivity contribution in [2.45, 2.75) is 34.1 Å². The van der Waals surface area contributed by atoms with E-state index < -0.39 is 10.0 Å². The first-order valence-corrected chi connectivity index (χ1v) is 11.8. The van der Waals surface area contributed by atoms with Crippen molar-refractivity contribution in [1.82, 2.24) is 14.9 Å². The quantitative estimate of drug-likeness (QED) is 0.231. The number of guanidine groups is 1. The summed E-state index contributed by atoms with van der Waals surface area (Å²) < 4.78 is 25.5. The van der Waals surface area contributed by atoms with Crippen LogP contribution in [0.4, 0.5) is 5.69 Å². The number of nitrogens with zero attached hydrogens (tertiary/aromatic N) is 3. The molecule has 9 heteroatoms. The molecule has 1 fully saturated rings. The number of aryl methyl sites for hydroxylation is 1. The SMILES string of the molecule is CCNC(=NCCCNS(=O)(=O)CC)N1CCN(c2cccc(C)c2C)CC1.I. The van der Waals surface area contributed by atoms with Crippen molar-refractivity contribution in [3.63, 3.8) is 0 Å². The lowest BCUT2D eigenvalue weighted by Crippen LogP contribution is -2.52. The molecule has 0 unspecified atom stereocenters. The number of nitrogens with one attached hydrogen (secondary N) is 2. The molecule has 1 aromatic rings. The molecule has 29 heavy (non-hydrogen) atoms. The van der Waals surface area contributed by atoms with E-state index in [1.54, 1.807) is 6.92 Å². The van der Waals surface area contributed by atoms with Gasteiger partial charge in [0.1, 0.15) is 0 Å². The highest BCUT2D eigenvalue weighted by Crippen LogP contribution is 2.23. The van der Waals surface area contributed by atoms with Crippen molar-refractivity contribution in [3.8, 4) is 0 Å². The van der Waals surface area contributed by atoms with E-state index in [0.29, 0.717) is 19.5 Å². The maximum Gasteiger partial charge on any atom is 0.211 e. The lowest BCUT2D eigenvalue weighted by molar-refractivity contribution is 0.372. The van der Waals surface area contributed by atoms with Crippen LogP contribution >= 0.6 is 24.0 Å². The minimum absolute atomic E-state index is 0. The molecule has 2 N–H and O–H groups in total. The normalized spacial score (nSPS) is 15.2. The van der Waals surface area contributed by atoms with E-state index in [0.717, 1.165) is 38.7 Å². The van der Waals surface area contributed by atoms with E-state index in [1.807, 2.05) is 0 Å². The number of anilines is 1. The molecule has 1 saturated heterocycles. The fourth-order valence-corrected chi connectivity index (χ4v) is 3.92.